The quantitative estimate of drug-likeness (QED) is 0.654. The molecule has 1 N–H and O–H groups in total. The van der Waals surface area contributed by atoms with Crippen molar-refractivity contribution in [3.8, 4) is 6.07 Å². The molecule has 0 fully saturated rings. The van der Waals surface area contributed by atoms with E-state index in [9.17, 15) is 10.1 Å². The fraction of sp³-hybridized carbons (Fsp3) is 0.238. The van der Waals surface area contributed by atoms with Crippen molar-refractivity contribution in [3.05, 3.63) is 69.3 Å². The van der Waals surface area contributed by atoms with Crippen molar-refractivity contribution in [3.63, 3.8) is 0 Å². The second kappa shape index (κ2) is 7.14. The molecule has 2 aromatic carbocycles. The first-order valence-electron chi connectivity index (χ1n) is 7.90. The number of nitriles is 1. The van der Waals surface area contributed by atoms with E-state index in [0.717, 1.165) is 39.1 Å². The lowest BCUT2D eigenvalue weighted by Gasteiger charge is -2.12. The van der Waals surface area contributed by atoms with Gasteiger partial charge in [-0.05, 0) is 62.9 Å². The molecule has 0 aliphatic heterocycles. The predicted octanol–water partition coefficient (Wildman–Crippen LogP) is 4.77. The molecule has 1 amide bonds. The molecule has 0 saturated carbocycles. The van der Waals surface area contributed by atoms with Gasteiger partial charge in [0, 0.05) is 5.69 Å². The fourth-order valence-electron chi connectivity index (χ4n) is 2.78. The van der Waals surface area contributed by atoms with Crippen LogP contribution in [-0.2, 0) is 4.79 Å². The molecule has 122 valence electrons. The average Bonchev–Trinajstić information content (AvgIpc) is 2.51. The van der Waals surface area contributed by atoms with Crippen LogP contribution >= 0.6 is 0 Å². The van der Waals surface area contributed by atoms with Crippen LogP contribution in [0.15, 0.2) is 35.9 Å². The summed E-state index contributed by atoms with van der Waals surface area (Å²) in [5, 5.41) is 12.3. The van der Waals surface area contributed by atoms with Crippen molar-refractivity contribution < 1.29 is 4.79 Å². The third-order valence-corrected chi connectivity index (χ3v) is 4.02. The first kappa shape index (κ1) is 17.5. The standard InChI is InChI=1S/C21H22N2O/c1-13-6-7-15(3)18(10-13)11-19(12-22)21(24)23-20-16(4)8-14(2)9-17(20)5/h6-11H,1-5H3,(H,23,24)/b19-11+. The molecular formula is C21H22N2O. The summed E-state index contributed by atoms with van der Waals surface area (Å²) in [6, 6.07) is 12.0. The zero-order valence-electron chi connectivity index (χ0n) is 14.8. The number of aryl methyl sites for hydroxylation is 5. The van der Waals surface area contributed by atoms with Crippen LogP contribution in [0.3, 0.4) is 0 Å². The topological polar surface area (TPSA) is 52.9 Å². The zero-order valence-corrected chi connectivity index (χ0v) is 14.8. The molecule has 0 heterocycles. The van der Waals surface area contributed by atoms with Crippen molar-refractivity contribution in [1.82, 2.24) is 0 Å². The van der Waals surface area contributed by atoms with Gasteiger partial charge in [0.1, 0.15) is 11.6 Å². The number of hydrogen-bond donors (Lipinski definition) is 1. The van der Waals surface area contributed by atoms with E-state index < -0.39 is 0 Å². The van der Waals surface area contributed by atoms with E-state index in [1.807, 2.05) is 71.0 Å². The van der Waals surface area contributed by atoms with E-state index >= 15 is 0 Å². The Kier molecular flexibility index (Phi) is 5.21. The van der Waals surface area contributed by atoms with Crippen LogP contribution in [0.25, 0.3) is 6.08 Å². The molecule has 2 aromatic rings. The number of hydrogen-bond acceptors (Lipinski definition) is 2. The molecule has 0 aliphatic carbocycles. The van der Waals surface area contributed by atoms with Gasteiger partial charge in [0.2, 0.25) is 0 Å². The van der Waals surface area contributed by atoms with Crippen LogP contribution in [0.4, 0.5) is 5.69 Å². The van der Waals surface area contributed by atoms with Crippen LogP contribution in [-0.4, -0.2) is 5.91 Å². The van der Waals surface area contributed by atoms with Crippen LogP contribution < -0.4 is 5.32 Å². The second-order valence-electron chi connectivity index (χ2n) is 6.26. The normalized spacial score (nSPS) is 11.1. The Balaban J connectivity index is 2.35. The van der Waals surface area contributed by atoms with Crippen LogP contribution in [0.2, 0.25) is 0 Å². The molecule has 24 heavy (non-hydrogen) atoms. The highest BCUT2D eigenvalue weighted by Crippen LogP contribution is 2.23. The molecule has 0 radical (unpaired) electrons. The highest BCUT2D eigenvalue weighted by Gasteiger charge is 2.13. The van der Waals surface area contributed by atoms with Crippen molar-refractivity contribution in [1.29, 1.82) is 5.26 Å². The van der Waals surface area contributed by atoms with Gasteiger partial charge in [0.15, 0.2) is 0 Å². The van der Waals surface area contributed by atoms with E-state index in [2.05, 4.69) is 5.32 Å². The Labute approximate surface area is 143 Å². The molecule has 0 bridgehead atoms. The smallest absolute Gasteiger partial charge is 0.266 e. The number of anilines is 1. The largest absolute Gasteiger partial charge is 0.321 e. The number of carbonyl (C=O) groups is 1. The number of nitrogens with zero attached hydrogens (tertiary/aromatic N) is 1. The lowest BCUT2D eigenvalue weighted by atomic mass is 10.0. The maximum Gasteiger partial charge on any atom is 0.266 e. The summed E-state index contributed by atoms with van der Waals surface area (Å²) in [6.07, 6.45) is 1.65. The summed E-state index contributed by atoms with van der Waals surface area (Å²) in [5.41, 5.74) is 7.01. The van der Waals surface area contributed by atoms with Crippen LogP contribution in [0, 0.1) is 45.9 Å². The number of rotatable bonds is 3. The molecule has 0 saturated heterocycles. The Morgan fingerprint density at radius 2 is 1.58 bits per heavy atom. The van der Waals surface area contributed by atoms with Gasteiger partial charge in [-0.2, -0.15) is 5.26 Å². The lowest BCUT2D eigenvalue weighted by molar-refractivity contribution is -0.112. The average molecular weight is 318 g/mol. The third kappa shape index (κ3) is 3.91. The Bertz CT molecular complexity index is 847. The number of amides is 1. The van der Waals surface area contributed by atoms with Crippen molar-refractivity contribution in [2.24, 2.45) is 0 Å². The minimum absolute atomic E-state index is 0.100. The Morgan fingerprint density at radius 3 is 2.17 bits per heavy atom. The molecule has 0 spiro atoms. The van der Waals surface area contributed by atoms with Gasteiger partial charge in [0.25, 0.3) is 5.91 Å². The molecular weight excluding hydrogens is 296 g/mol. The highest BCUT2D eigenvalue weighted by atomic mass is 16.1. The van der Waals surface area contributed by atoms with Crippen molar-refractivity contribution >= 4 is 17.7 Å². The SMILES string of the molecule is Cc1cc(C)c(NC(=O)/C(C#N)=C/c2cc(C)ccc2C)c(C)c1. The number of nitrogens with one attached hydrogen (secondary N) is 1. The summed E-state index contributed by atoms with van der Waals surface area (Å²) in [5.74, 6) is -0.381. The Hall–Kier alpha value is -2.86. The molecule has 3 nitrogen and oxygen atoms in total. The summed E-state index contributed by atoms with van der Waals surface area (Å²) < 4.78 is 0. The Morgan fingerprint density at radius 1 is 0.958 bits per heavy atom. The second-order valence-corrected chi connectivity index (χ2v) is 6.26. The minimum Gasteiger partial charge on any atom is -0.321 e. The molecule has 0 aliphatic rings. The number of benzene rings is 2. The summed E-state index contributed by atoms with van der Waals surface area (Å²) in [7, 11) is 0. The molecule has 0 unspecified atom stereocenters. The first-order valence-corrected chi connectivity index (χ1v) is 7.90. The fourth-order valence-corrected chi connectivity index (χ4v) is 2.78. The third-order valence-electron chi connectivity index (χ3n) is 4.02. The zero-order chi connectivity index (χ0) is 17.9. The van der Waals surface area contributed by atoms with Crippen molar-refractivity contribution in [2.45, 2.75) is 34.6 Å². The van der Waals surface area contributed by atoms with Gasteiger partial charge < -0.3 is 5.32 Å². The summed E-state index contributed by atoms with van der Waals surface area (Å²) in [4.78, 5) is 12.5. The monoisotopic (exact) mass is 318 g/mol. The van der Waals surface area contributed by atoms with Gasteiger partial charge in [-0.1, -0.05) is 41.5 Å². The lowest BCUT2D eigenvalue weighted by Crippen LogP contribution is -2.15. The van der Waals surface area contributed by atoms with Gasteiger partial charge in [-0.25, -0.2) is 0 Å². The maximum atomic E-state index is 12.5. The molecule has 0 atom stereocenters. The van der Waals surface area contributed by atoms with Gasteiger partial charge in [-0.15, -0.1) is 0 Å². The first-order chi connectivity index (χ1) is 11.3. The van der Waals surface area contributed by atoms with E-state index in [0.29, 0.717) is 0 Å². The number of carbonyl (C=O) groups excluding carboxylic acids is 1. The van der Waals surface area contributed by atoms with Crippen LogP contribution in [0.5, 0.6) is 0 Å². The maximum absolute atomic E-state index is 12.5. The summed E-state index contributed by atoms with van der Waals surface area (Å²) >= 11 is 0. The molecule has 2 rings (SSSR count). The molecule has 0 aromatic heterocycles. The van der Waals surface area contributed by atoms with Gasteiger partial charge in [0.05, 0.1) is 0 Å². The van der Waals surface area contributed by atoms with Crippen LogP contribution in [0.1, 0.15) is 33.4 Å². The molecule has 3 heteroatoms. The van der Waals surface area contributed by atoms with E-state index in [1.54, 1.807) is 6.08 Å². The van der Waals surface area contributed by atoms with E-state index in [-0.39, 0.29) is 11.5 Å². The minimum atomic E-state index is -0.381. The predicted molar refractivity (Wildman–Crippen MR) is 98.8 cm³/mol. The van der Waals surface area contributed by atoms with Gasteiger partial charge >= 0.3 is 0 Å². The summed E-state index contributed by atoms with van der Waals surface area (Å²) in [6.45, 7) is 9.88. The van der Waals surface area contributed by atoms with E-state index in [1.165, 1.54) is 0 Å². The highest BCUT2D eigenvalue weighted by molar-refractivity contribution is 6.10. The van der Waals surface area contributed by atoms with Crippen molar-refractivity contribution in [2.75, 3.05) is 5.32 Å². The van der Waals surface area contributed by atoms with E-state index in [4.69, 9.17) is 0 Å². The van der Waals surface area contributed by atoms with Gasteiger partial charge in [-0.3, -0.25) is 4.79 Å².